The number of hydrogen-bond acceptors (Lipinski definition) is 3. The number of amides is 1. The first-order valence-corrected chi connectivity index (χ1v) is 7.36. The van der Waals surface area contributed by atoms with Gasteiger partial charge >= 0.3 is 0 Å². The molecule has 0 unspecified atom stereocenters. The van der Waals surface area contributed by atoms with Gasteiger partial charge in [0, 0.05) is 6.54 Å². The number of carbonyl (C=O) groups is 1. The Hall–Kier alpha value is -1.43. The Morgan fingerprint density at radius 1 is 1.39 bits per heavy atom. The maximum absolute atomic E-state index is 12.9. The van der Waals surface area contributed by atoms with E-state index in [9.17, 15) is 17.6 Å². The number of hydrogen-bond donors (Lipinski definition) is 1. The molecular weight excluding hydrogens is 257 g/mol. The molecule has 0 atom stereocenters. The van der Waals surface area contributed by atoms with Crippen LogP contribution in [-0.4, -0.2) is 26.6 Å². The Labute approximate surface area is 106 Å². The SMILES string of the molecule is CCCCNC(=O)CS(=O)(=O)c1cccc(F)c1. The third kappa shape index (κ3) is 4.44. The highest BCUT2D eigenvalue weighted by atomic mass is 32.2. The van der Waals surface area contributed by atoms with E-state index in [1.807, 2.05) is 6.92 Å². The minimum absolute atomic E-state index is 0.173. The topological polar surface area (TPSA) is 63.2 Å². The van der Waals surface area contributed by atoms with Crippen molar-refractivity contribution < 1.29 is 17.6 Å². The van der Waals surface area contributed by atoms with Crippen molar-refractivity contribution in [1.82, 2.24) is 5.32 Å². The molecule has 0 radical (unpaired) electrons. The zero-order valence-corrected chi connectivity index (χ0v) is 11.0. The van der Waals surface area contributed by atoms with E-state index in [0.29, 0.717) is 6.54 Å². The van der Waals surface area contributed by atoms with Gasteiger partial charge in [-0.2, -0.15) is 0 Å². The molecular formula is C12H16FNO3S. The van der Waals surface area contributed by atoms with Crippen LogP contribution >= 0.6 is 0 Å². The minimum atomic E-state index is -3.77. The van der Waals surface area contributed by atoms with Crippen molar-refractivity contribution in [3.63, 3.8) is 0 Å². The predicted octanol–water partition coefficient (Wildman–Crippen LogP) is 1.52. The van der Waals surface area contributed by atoms with Gasteiger partial charge in [-0.25, -0.2) is 12.8 Å². The Bertz CT molecular complexity index is 514. The van der Waals surface area contributed by atoms with Crippen LogP contribution in [0.5, 0.6) is 0 Å². The van der Waals surface area contributed by atoms with E-state index < -0.39 is 27.3 Å². The summed E-state index contributed by atoms with van der Waals surface area (Å²) in [4.78, 5) is 11.2. The van der Waals surface area contributed by atoms with Gasteiger partial charge in [-0.15, -0.1) is 0 Å². The molecule has 1 aromatic carbocycles. The Morgan fingerprint density at radius 2 is 2.11 bits per heavy atom. The fraction of sp³-hybridized carbons (Fsp3) is 0.417. The normalized spacial score (nSPS) is 11.2. The molecule has 0 fully saturated rings. The average molecular weight is 273 g/mol. The Morgan fingerprint density at radius 3 is 2.72 bits per heavy atom. The van der Waals surface area contributed by atoms with Crippen molar-refractivity contribution in [2.75, 3.05) is 12.3 Å². The molecule has 18 heavy (non-hydrogen) atoms. The molecule has 4 nitrogen and oxygen atoms in total. The molecule has 0 aliphatic rings. The molecule has 0 saturated carbocycles. The molecule has 0 heterocycles. The summed E-state index contributed by atoms with van der Waals surface area (Å²) in [6.45, 7) is 2.42. The summed E-state index contributed by atoms with van der Waals surface area (Å²) in [6.07, 6.45) is 1.71. The van der Waals surface area contributed by atoms with Gasteiger partial charge in [0.1, 0.15) is 11.6 Å². The maximum atomic E-state index is 12.9. The lowest BCUT2D eigenvalue weighted by atomic mass is 10.3. The molecule has 0 saturated heterocycles. The number of carbonyl (C=O) groups excluding carboxylic acids is 1. The molecule has 0 aromatic heterocycles. The van der Waals surface area contributed by atoms with Gasteiger partial charge in [0.2, 0.25) is 5.91 Å². The highest BCUT2D eigenvalue weighted by molar-refractivity contribution is 7.92. The average Bonchev–Trinajstić information content (AvgIpc) is 2.28. The summed E-state index contributed by atoms with van der Waals surface area (Å²) in [5.74, 6) is -1.85. The summed E-state index contributed by atoms with van der Waals surface area (Å²) < 4.78 is 36.5. The van der Waals surface area contributed by atoms with Gasteiger partial charge in [0.25, 0.3) is 0 Å². The van der Waals surface area contributed by atoms with Gasteiger partial charge in [0.15, 0.2) is 9.84 Å². The lowest BCUT2D eigenvalue weighted by Gasteiger charge is -2.06. The fourth-order valence-electron chi connectivity index (χ4n) is 1.37. The van der Waals surface area contributed by atoms with Crippen molar-refractivity contribution in [3.8, 4) is 0 Å². The second kappa shape index (κ2) is 6.49. The quantitative estimate of drug-likeness (QED) is 0.799. The fourth-order valence-corrected chi connectivity index (χ4v) is 2.56. The lowest BCUT2D eigenvalue weighted by molar-refractivity contribution is -0.118. The summed E-state index contributed by atoms with van der Waals surface area (Å²) in [6, 6.07) is 4.64. The van der Waals surface area contributed by atoms with Crippen LogP contribution in [0.1, 0.15) is 19.8 Å². The van der Waals surface area contributed by atoms with Crippen molar-refractivity contribution in [2.45, 2.75) is 24.7 Å². The maximum Gasteiger partial charge on any atom is 0.235 e. The van der Waals surface area contributed by atoms with Crippen LogP contribution in [0.2, 0.25) is 0 Å². The highest BCUT2D eigenvalue weighted by Crippen LogP contribution is 2.12. The van der Waals surface area contributed by atoms with E-state index >= 15 is 0 Å². The summed E-state index contributed by atoms with van der Waals surface area (Å²) >= 11 is 0. The molecule has 0 spiro atoms. The van der Waals surface area contributed by atoms with E-state index in [-0.39, 0.29) is 4.90 Å². The zero-order valence-electron chi connectivity index (χ0n) is 10.1. The second-order valence-corrected chi connectivity index (χ2v) is 5.91. The van der Waals surface area contributed by atoms with E-state index in [2.05, 4.69) is 5.32 Å². The summed E-state index contributed by atoms with van der Waals surface area (Å²) in [5, 5.41) is 2.51. The third-order valence-electron chi connectivity index (χ3n) is 2.33. The van der Waals surface area contributed by atoms with Crippen LogP contribution in [0, 0.1) is 5.82 Å². The summed E-state index contributed by atoms with van der Waals surface area (Å²) in [7, 11) is -3.77. The molecule has 1 N–H and O–H groups in total. The van der Waals surface area contributed by atoms with Crippen molar-refractivity contribution in [2.24, 2.45) is 0 Å². The van der Waals surface area contributed by atoms with Crippen LogP contribution in [0.3, 0.4) is 0 Å². The predicted molar refractivity (Wildman–Crippen MR) is 66.4 cm³/mol. The second-order valence-electron chi connectivity index (χ2n) is 3.92. The van der Waals surface area contributed by atoms with Crippen molar-refractivity contribution in [1.29, 1.82) is 0 Å². The molecule has 100 valence electrons. The van der Waals surface area contributed by atoms with Crippen molar-refractivity contribution >= 4 is 15.7 Å². The van der Waals surface area contributed by atoms with E-state index in [4.69, 9.17) is 0 Å². The van der Waals surface area contributed by atoms with E-state index in [1.54, 1.807) is 0 Å². The molecule has 0 bridgehead atoms. The van der Waals surface area contributed by atoms with Crippen LogP contribution in [0.15, 0.2) is 29.2 Å². The van der Waals surface area contributed by atoms with Gasteiger partial charge in [-0.05, 0) is 24.6 Å². The number of rotatable bonds is 6. The third-order valence-corrected chi connectivity index (χ3v) is 3.94. The number of benzene rings is 1. The van der Waals surface area contributed by atoms with Gasteiger partial charge in [-0.1, -0.05) is 19.4 Å². The van der Waals surface area contributed by atoms with Crippen LogP contribution in [0.4, 0.5) is 4.39 Å². The van der Waals surface area contributed by atoms with E-state index in [1.165, 1.54) is 12.1 Å². The van der Waals surface area contributed by atoms with Crippen LogP contribution < -0.4 is 5.32 Å². The largest absolute Gasteiger partial charge is 0.355 e. The van der Waals surface area contributed by atoms with Gasteiger partial charge < -0.3 is 5.32 Å². The zero-order chi connectivity index (χ0) is 13.6. The standard InChI is InChI=1S/C12H16FNO3S/c1-2-3-7-14-12(15)9-18(16,17)11-6-4-5-10(13)8-11/h4-6,8H,2-3,7,9H2,1H3,(H,14,15). The van der Waals surface area contributed by atoms with Crippen LogP contribution in [0.25, 0.3) is 0 Å². The number of sulfone groups is 1. The minimum Gasteiger partial charge on any atom is -0.355 e. The molecule has 6 heteroatoms. The van der Waals surface area contributed by atoms with Gasteiger partial charge in [-0.3, -0.25) is 4.79 Å². The smallest absolute Gasteiger partial charge is 0.235 e. The highest BCUT2D eigenvalue weighted by Gasteiger charge is 2.19. The first-order chi connectivity index (χ1) is 8.45. The summed E-state index contributed by atoms with van der Waals surface area (Å²) in [5.41, 5.74) is 0. The number of halogens is 1. The first kappa shape index (κ1) is 14.6. The lowest BCUT2D eigenvalue weighted by Crippen LogP contribution is -2.31. The monoisotopic (exact) mass is 273 g/mol. The molecule has 1 amide bonds. The molecule has 0 aliphatic heterocycles. The molecule has 1 aromatic rings. The van der Waals surface area contributed by atoms with E-state index in [0.717, 1.165) is 25.0 Å². The Balaban J connectivity index is 2.68. The molecule has 1 rings (SSSR count). The number of nitrogens with one attached hydrogen (secondary N) is 1. The first-order valence-electron chi connectivity index (χ1n) is 5.70. The van der Waals surface area contributed by atoms with Crippen molar-refractivity contribution in [3.05, 3.63) is 30.1 Å². The Kier molecular flexibility index (Phi) is 5.27. The molecule has 0 aliphatic carbocycles. The van der Waals surface area contributed by atoms with Gasteiger partial charge in [0.05, 0.1) is 4.90 Å². The number of unbranched alkanes of at least 4 members (excludes halogenated alkanes) is 1. The van der Waals surface area contributed by atoms with Crippen LogP contribution in [-0.2, 0) is 14.6 Å².